The van der Waals surface area contributed by atoms with E-state index in [0.29, 0.717) is 44.2 Å². The number of H-pyrrole nitrogens is 1. The van der Waals surface area contributed by atoms with E-state index >= 15 is 0 Å². The summed E-state index contributed by atoms with van der Waals surface area (Å²) in [4.78, 5) is 28.8. The van der Waals surface area contributed by atoms with Gasteiger partial charge in [0, 0.05) is 18.7 Å². The van der Waals surface area contributed by atoms with Crippen LogP contribution in [0.2, 0.25) is 0 Å². The fourth-order valence-corrected chi connectivity index (χ4v) is 2.84. The molecule has 0 bridgehead atoms. The van der Waals surface area contributed by atoms with E-state index in [1.54, 1.807) is 0 Å². The summed E-state index contributed by atoms with van der Waals surface area (Å²) in [5, 5.41) is 8.23. The molecule has 0 unspecified atom stereocenters. The Kier molecular flexibility index (Phi) is 4.88. The first-order valence-corrected chi connectivity index (χ1v) is 8.13. The lowest BCUT2D eigenvalue weighted by Crippen LogP contribution is -2.39. The predicted molar refractivity (Wildman–Crippen MR) is 89.7 cm³/mol. The Balaban J connectivity index is 1.70. The van der Waals surface area contributed by atoms with Crippen molar-refractivity contribution >= 4 is 11.9 Å². The molecular weight excluding hydrogens is 308 g/mol. The zero-order chi connectivity index (χ0) is 16.9. The van der Waals surface area contributed by atoms with Crippen LogP contribution >= 0.6 is 0 Å². The van der Waals surface area contributed by atoms with Gasteiger partial charge in [0.2, 0.25) is 5.95 Å². The number of hydrogen-bond donors (Lipinski definition) is 1. The monoisotopic (exact) mass is 328 g/mol. The SMILES string of the molecule is CCOC(=O)C1CCN(c2nnc(-c3ccccc3)c(=O)[nH]2)CC1. The van der Waals surface area contributed by atoms with Gasteiger partial charge in [-0.05, 0) is 19.8 Å². The van der Waals surface area contributed by atoms with Crippen molar-refractivity contribution in [3.05, 3.63) is 40.7 Å². The number of aromatic nitrogens is 3. The molecule has 2 heterocycles. The Labute approximate surface area is 139 Å². The van der Waals surface area contributed by atoms with Gasteiger partial charge in [-0.3, -0.25) is 14.6 Å². The van der Waals surface area contributed by atoms with Gasteiger partial charge in [-0.15, -0.1) is 10.2 Å². The highest BCUT2D eigenvalue weighted by atomic mass is 16.5. The van der Waals surface area contributed by atoms with E-state index in [1.807, 2.05) is 42.2 Å². The van der Waals surface area contributed by atoms with E-state index in [1.165, 1.54) is 0 Å². The summed E-state index contributed by atoms with van der Waals surface area (Å²) in [6.07, 6.45) is 1.37. The van der Waals surface area contributed by atoms with Gasteiger partial charge in [0.1, 0.15) is 0 Å². The number of anilines is 1. The molecule has 0 radical (unpaired) electrons. The molecule has 1 aromatic carbocycles. The molecular formula is C17H20N4O3. The van der Waals surface area contributed by atoms with Gasteiger partial charge in [-0.25, -0.2) is 0 Å². The highest BCUT2D eigenvalue weighted by Crippen LogP contribution is 2.21. The third-order valence-electron chi connectivity index (χ3n) is 4.15. The molecule has 0 spiro atoms. The highest BCUT2D eigenvalue weighted by molar-refractivity contribution is 5.72. The number of rotatable bonds is 4. The van der Waals surface area contributed by atoms with Crippen LogP contribution in [0.25, 0.3) is 11.3 Å². The first-order chi connectivity index (χ1) is 11.7. The van der Waals surface area contributed by atoms with Gasteiger partial charge < -0.3 is 9.64 Å². The van der Waals surface area contributed by atoms with Crippen LogP contribution in [0.1, 0.15) is 19.8 Å². The van der Waals surface area contributed by atoms with E-state index in [0.717, 1.165) is 5.56 Å². The third kappa shape index (κ3) is 3.45. The number of piperidine rings is 1. The van der Waals surface area contributed by atoms with Crippen LogP contribution in [0.15, 0.2) is 35.1 Å². The van der Waals surface area contributed by atoms with Crippen LogP contribution in [0.5, 0.6) is 0 Å². The molecule has 7 heteroatoms. The van der Waals surface area contributed by atoms with E-state index in [4.69, 9.17) is 4.74 Å². The van der Waals surface area contributed by atoms with Crippen LogP contribution in [-0.4, -0.2) is 40.8 Å². The average molecular weight is 328 g/mol. The molecule has 24 heavy (non-hydrogen) atoms. The first kappa shape index (κ1) is 16.2. The van der Waals surface area contributed by atoms with Gasteiger partial charge in [-0.1, -0.05) is 30.3 Å². The standard InChI is InChI=1S/C17H20N4O3/c1-2-24-16(23)13-8-10-21(11-9-13)17-18-15(22)14(19-20-17)12-6-4-3-5-7-12/h3-7,13H,2,8-11H2,1H3,(H,18,20,22). The maximum atomic E-state index is 12.3. The summed E-state index contributed by atoms with van der Waals surface area (Å²) in [7, 11) is 0. The minimum absolute atomic E-state index is 0.0792. The summed E-state index contributed by atoms with van der Waals surface area (Å²) < 4.78 is 5.06. The number of carbonyl (C=O) groups excluding carboxylic acids is 1. The molecule has 1 N–H and O–H groups in total. The molecule has 0 atom stereocenters. The largest absolute Gasteiger partial charge is 0.466 e. The second-order valence-corrected chi connectivity index (χ2v) is 5.71. The van der Waals surface area contributed by atoms with Crippen LogP contribution in [0.3, 0.4) is 0 Å². The minimum atomic E-state index is -0.265. The van der Waals surface area contributed by atoms with Crippen LogP contribution < -0.4 is 10.5 Å². The fourth-order valence-electron chi connectivity index (χ4n) is 2.84. The van der Waals surface area contributed by atoms with E-state index in [-0.39, 0.29) is 17.4 Å². The third-order valence-corrected chi connectivity index (χ3v) is 4.15. The summed E-state index contributed by atoms with van der Waals surface area (Å²) in [6, 6.07) is 9.23. The Morgan fingerprint density at radius 1 is 1.25 bits per heavy atom. The zero-order valence-corrected chi connectivity index (χ0v) is 13.6. The quantitative estimate of drug-likeness (QED) is 0.858. The molecule has 0 amide bonds. The average Bonchev–Trinajstić information content (AvgIpc) is 2.63. The summed E-state index contributed by atoms with van der Waals surface area (Å²) in [5.41, 5.74) is 0.776. The Morgan fingerprint density at radius 2 is 1.96 bits per heavy atom. The molecule has 1 aromatic heterocycles. The number of ether oxygens (including phenoxy) is 1. The van der Waals surface area contributed by atoms with Gasteiger partial charge in [-0.2, -0.15) is 0 Å². The first-order valence-electron chi connectivity index (χ1n) is 8.13. The number of aromatic amines is 1. The number of carbonyl (C=O) groups is 1. The van der Waals surface area contributed by atoms with Crippen LogP contribution in [-0.2, 0) is 9.53 Å². The number of nitrogens with zero attached hydrogens (tertiary/aromatic N) is 3. The lowest BCUT2D eigenvalue weighted by atomic mass is 9.97. The summed E-state index contributed by atoms with van der Waals surface area (Å²) in [6.45, 7) is 3.48. The maximum absolute atomic E-state index is 12.3. The van der Waals surface area contributed by atoms with Crippen LogP contribution in [0.4, 0.5) is 5.95 Å². The Bertz CT molecular complexity index is 752. The minimum Gasteiger partial charge on any atom is -0.466 e. The van der Waals surface area contributed by atoms with Crippen molar-refractivity contribution in [2.75, 3.05) is 24.6 Å². The van der Waals surface area contributed by atoms with E-state index in [2.05, 4.69) is 15.2 Å². The van der Waals surface area contributed by atoms with Gasteiger partial charge in [0.25, 0.3) is 5.56 Å². The van der Waals surface area contributed by atoms with Crippen molar-refractivity contribution in [3.8, 4) is 11.3 Å². The highest BCUT2D eigenvalue weighted by Gasteiger charge is 2.27. The van der Waals surface area contributed by atoms with Crippen LogP contribution in [0, 0.1) is 5.92 Å². The number of benzene rings is 1. The Hall–Kier alpha value is -2.70. The van der Waals surface area contributed by atoms with Gasteiger partial charge >= 0.3 is 5.97 Å². The number of esters is 1. The zero-order valence-electron chi connectivity index (χ0n) is 13.6. The smallest absolute Gasteiger partial charge is 0.309 e. The van der Waals surface area contributed by atoms with E-state index < -0.39 is 0 Å². The molecule has 1 fully saturated rings. The lowest BCUT2D eigenvalue weighted by Gasteiger charge is -2.30. The Morgan fingerprint density at radius 3 is 2.58 bits per heavy atom. The molecule has 126 valence electrons. The topological polar surface area (TPSA) is 88.2 Å². The second kappa shape index (κ2) is 7.25. The molecule has 1 aliphatic rings. The predicted octanol–water partition coefficient (Wildman–Crippen LogP) is 1.61. The fraction of sp³-hybridized carbons (Fsp3) is 0.412. The van der Waals surface area contributed by atoms with Crippen molar-refractivity contribution in [2.24, 2.45) is 5.92 Å². The molecule has 0 saturated carbocycles. The number of hydrogen-bond acceptors (Lipinski definition) is 6. The molecule has 3 rings (SSSR count). The molecule has 1 saturated heterocycles. The maximum Gasteiger partial charge on any atom is 0.309 e. The lowest BCUT2D eigenvalue weighted by molar-refractivity contribution is -0.148. The summed E-state index contributed by atoms with van der Waals surface area (Å²) >= 11 is 0. The van der Waals surface area contributed by atoms with Crippen molar-refractivity contribution in [1.82, 2.24) is 15.2 Å². The van der Waals surface area contributed by atoms with Gasteiger partial charge in [0.15, 0.2) is 5.69 Å². The van der Waals surface area contributed by atoms with Crippen molar-refractivity contribution in [2.45, 2.75) is 19.8 Å². The number of nitrogens with one attached hydrogen (secondary N) is 1. The molecule has 7 nitrogen and oxygen atoms in total. The summed E-state index contributed by atoms with van der Waals surface area (Å²) in [5.74, 6) is 0.225. The second-order valence-electron chi connectivity index (χ2n) is 5.71. The molecule has 0 aliphatic carbocycles. The van der Waals surface area contributed by atoms with E-state index in [9.17, 15) is 9.59 Å². The normalized spacial score (nSPS) is 15.3. The van der Waals surface area contributed by atoms with Crippen molar-refractivity contribution < 1.29 is 9.53 Å². The van der Waals surface area contributed by atoms with Crippen molar-refractivity contribution in [3.63, 3.8) is 0 Å². The van der Waals surface area contributed by atoms with Gasteiger partial charge in [0.05, 0.1) is 12.5 Å². The molecule has 2 aromatic rings. The molecule has 1 aliphatic heterocycles. The van der Waals surface area contributed by atoms with Crippen molar-refractivity contribution in [1.29, 1.82) is 0 Å².